The van der Waals surface area contributed by atoms with Gasteiger partial charge in [-0.25, -0.2) is 0 Å². The van der Waals surface area contributed by atoms with Gasteiger partial charge in [-0.3, -0.25) is 4.79 Å². The highest BCUT2D eigenvalue weighted by molar-refractivity contribution is 6.76. The zero-order valence-corrected chi connectivity index (χ0v) is 12.9. The standard InChI is InChI=1S/C11H19Cl3N2O/c1-9(2)5-7(6-10(3,4)16-9)15-8(17)11(12,13)14/h7,16H,5-6H2,1-4H3,(H,15,17)/p+1. The summed E-state index contributed by atoms with van der Waals surface area (Å²) in [5.74, 6) is -0.541. The number of piperidine rings is 1. The van der Waals surface area contributed by atoms with E-state index in [4.69, 9.17) is 34.8 Å². The number of hydrogen-bond acceptors (Lipinski definition) is 1. The molecule has 0 bridgehead atoms. The Hall–Kier alpha value is 0.300. The molecule has 0 radical (unpaired) electrons. The third-order valence-electron chi connectivity index (χ3n) is 2.92. The van der Waals surface area contributed by atoms with Gasteiger partial charge in [-0.1, -0.05) is 34.8 Å². The zero-order valence-electron chi connectivity index (χ0n) is 10.6. The first-order valence-corrected chi connectivity index (χ1v) is 6.79. The van der Waals surface area contributed by atoms with Crippen LogP contribution in [0, 0.1) is 0 Å². The van der Waals surface area contributed by atoms with Crippen LogP contribution in [0.1, 0.15) is 40.5 Å². The molecular weight excluding hydrogens is 282 g/mol. The first kappa shape index (κ1) is 15.4. The minimum atomic E-state index is -1.88. The number of carbonyl (C=O) groups is 1. The molecule has 0 saturated carbocycles. The molecule has 3 N–H and O–H groups in total. The average Bonchev–Trinajstić information content (AvgIpc) is 1.94. The average molecular weight is 303 g/mol. The van der Waals surface area contributed by atoms with Crippen molar-refractivity contribution in [1.29, 1.82) is 0 Å². The molecule has 0 unspecified atom stereocenters. The number of hydrogen-bond donors (Lipinski definition) is 2. The molecule has 0 aromatic rings. The predicted molar refractivity (Wildman–Crippen MR) is 71.5 cm³/mol. The first-order chi connectivity index (χ1) is 7.41. The Balaban J connectivity index is 2.70. The summed E-state index contributed by atoms with van der Waals surface area (Å²) in [5.41, 5.74) is 0.153. The molecule has 3 nitrogen and oxygen atoms in total. The highest BCUT2D eigenvalue weighted by Crippen LogP contribution is 2.28. The summed E-state index contributed by atoms with van der Waals surface area (Å²) in [6.45, 7) is 8.62. The largest absolute Gasteiger partial charge is 0.349 e. The Kier molecular flexibility index (Phi) is 4.30. The summed E-state index contributed by atoms with van der Waals surface area (Å²) >= 11 is 16.7. The van der Waals surface area contributed by atoms with Crippen LogP contribution in [-0.2, 0) is 4.79 Å². The van der Waals surface area contributed by atoms with Gasteiger partial charge >= 0.3 is 0 Å². The van der Waals surface area contributed by atoms with Gasteiger partial charge in [0.15, 0.2) is 0 Å². The van der Waals surface area contributed by atoms with Crippen LogP contribution in [0.5, 0.6) is 0 Å². The second kappa shape index (κ2) is 4.76. The molecular formula is C11H20Cl3N2O+. The highest BCUT2D eigenvalue weighted by atomic mass is 35.6. The number of nitrogens with one attached hydrogen (secondary N) is 1. The van der Waals surface area contributed by atoms with Crippen LogP contribution in [0.15, 0.2) is 0 Å². The van der Waals surface area contributed by atoms with Crippen molar-refractivity contribution in [1.82, 2.24) is 5.32 Å². The van der Waals surface area contributed by atoms with Crippen LogP contribution in [-0.4, -0.2) is 26.8 Å². The van der Waals surface area contributed by atoms with Crippen LogP contribution in [0.25, 0.3) is 0 Å². The molecule has 1 rings (SSSR count). The second-order valence-electron chi connectivity index (χ2n) is 6.20. The van der Waals surface area contributed by atoms with Crippen molar-refractivity contribution in [2.75, 3.05) is 0 Å². The summed E-state index contributed by atoms with van der Waals surface area (Å²) in [4.78, 5) is 11.6. The van der Waals surface area contributed by atoms with Gasteiger partial charge in [-0.15, -0.1) is 0 Å². The van der Waals surface area contributed by atoms with E-state index in [1.54, 1.807) is 0 Å². The maximum absolute atomic E-state index is 11.6. The number of halogens is 3. The predicted octanol–water partition coefficient (Wildman–Crippen LogP) is 1.76. The lowest BCUT2D eigenvalue weighted by atomic mass is 9.79. The van der Waals surface area contributed by atoms with E-state index in [1.165, 1.54) is 0 Å². The van der Waals surface area contributed by atoms with Gasteiger partial charge in [-0.2, -0.15) is 0 Å². The van der Waals surface area contributed by atoms with Crippen molar-refractivity contribution in [3.63, 3.8) is 0 Å². The maximum Gasteiger partial charge on any atom is 0.272 e. The van der Waals surface area contributed by atoms with Gasteiger partial charge in [-0.05, 0) is 27.7 Å². The number of rotatable bonds is 1. The van der Waals surface area contributed by atoms with Crippen molar-refractivity contribution in [2.45, 2.75) is 61.4 Å². The molecule has 1 aliphatic heterocycles. The Bertz CT molecular complexity index is 294. The number of quaternary nitrogens is 1. The van der Waals surface area contributed by atoms with Crippen LogP contribution >= 0.6 is 34.8 Å². The number of carbonyl (C=O) groups excluding carboxylic acids is 1. The Morgan fingerprint density at radius 1 is 1.18 bits per heavy atom. The van der Waals surface area contributed by atoms with Crippen LogP contribution in [0.4, 0.5) is 0 Å². The molecule has 17 heavy (non-hydrogen) atoms. The summed E-state index contributed by atoms with van der Waals surface area (Å²) in [6, 6.07) is 0.0492. The minimum Gasteiger partial charge on any atom is -0.349 e. The van der Waals surface area contributed by atoms with Gasteiger partial charge in [0, 0.05) is 18.9 Å². The van der Waals surface area contributed by atoms with Gasteiger partial charge < -0.3 is 10.6 Å². The highest BCUT2D eigenvalue weighted by Gasteiger charge is 2.43. The molecule has 6 heteroatoms. The summed E-state index contributed by atoms with van der Waals surface area (Å²) in [5, 5.41) is 5.15. The van der Waals surface area contributed by atoms with Crippen LogP contribution in [0.3, 0.4) is 0 Å². The van der Waals surface area contributed by atoms with Crippen LogP contribution < -0.4 is 10.6 Å². The SMILES string of the molecule is CC1(C)CC(NC(=O)C(Cl)(Cl)Cl)CC(C)(C)[NH2+]1. The van der Waals surface area contributed by atoms with Crippen molar-refractivity contribution >= 4 is 40.7 Å². The molecule has 100 valence electrons. The van der Waals surface area contributed by atoms with E-state index < -0.39 is 9.70 Å². The fourth-order valence-electron chi connectivity index (χ4n) is 2.89. The van der Waals surface area contributed by atoms with E-state index in [9.17, 15) is 4.79 Å². The third-order valence-corrected chi connectivity index (χ3v) is 3.43. The van der Waals surface area contributed by atoms with Gasteiger partial charge in [0.05, 0.1) is 11.1 Å². The molecule has 0 aliphatic carbocycles. The van der Waals surface area contributed by atoms with Gasteiger partial charge in [0.1, 0.15) is 0 Å². The minimum absolute atomic E-state index is 0.0492. The molecule has 0 atom stereocenters. The molecule has 0 aromatic carbocycles. The van der Waals surface area contributed by atoms with Crippen molar-refractivity contribution in [3.05, 3.63) is 0 Å². The van der Waals surface area contributed by atoms with E-state index in [1.807, 2.05) is 0 Å². The van der Waals surface area contributed by atoms with Gasteiger partial charge in [0.2, 0.25) is 0 Å². The Morgan fingerprint density at radius 2 is 1.59 bits per heavy atom. The lowest BCUT2D eigenvalue weighted by Crippen LogP contribution is -3.06. The summed E-state index contributed by atoms with van der Waals surface area (Å²) < 4.78 is -1.88. The summed E-state index contributed by atoms with van der Waals surface area (Å²) in [7, 11) is 0. The molecule has 1 fully saturated rings. The second-order valence-corrected chi connectivity index (χ2v) is 8.48. The van der Waals surface area contributed by atoms with E-state index in [0.717, 1.165) is 12.8 Å². The molecule has 1 aliphatic rings. The normalized spacial score (nSPS) is 24.4. The van der Waals surface area contributed by atoms with E-state index in [0.29, 0.717) is 0 Å². The smallest absolute Gasteiger partial charge is 0.272 e. The fraction of sp³-hybridized carbons (Fsp3) is 0.909. The third kappa shape index (κ3) is 4.82. The molecule has 0 aromatic heterocycles. The Morgan fingerprint density at radius 3 is 1.94 bits per heavy atom. The molecule has 0 spiro atoms. The maximum atomic E-state index is 11.6. The lowest BCUT2D eigenvalue weighted by Gasteiger charge is -2.43. The van der Waals surface area contributed by atoms with Crippen molar-refractivity contribution in [2.24, 2.45) is 0 Å². The van der Waals surface area contributed by atoms with E-state index >= 15 is 0 Å². The number of amides is 1. The monoisotopic (exact) mass is 301 g/mol. The van der Waals surface area contributed by atoms with E-state index in [2.05, 4.69) is 38.3 Å². The molecule has 1 saturated heterocycles. The zero-order chi connectivity index (χ0) is 13.5. The number of alkyl halides is 3. The van der Waals surface area contributed by atoms with Crippen molar-refractivity contribution in [3.8, 4) is 0 Å². The quantitative estimate of drug-likeness (QED) is 0.712. The van der Waals surface area contributed by atoms with Crippen molar-refractivity contribution < 1.29 is 10.1 Å². The fourth-order valence-corrected chi connectivity index (χ4v) is 3.05. The number of nitrogens with two attached hydrogens (primary N) is 1. The molecule has 1 heterocycles. The van der Waals surface area contributed by atoms with E-state index in [-0.39, 0.29) is 17.1 Å². The van der Waals surface area contributed by atoms with Crippen LogP contribution in [0.2, 0.25) is 0 Å². The molecule has 1 amide bonds. The van der Waals surface area contributed by atoms with Gasteiger partial charge in [0.25, 0.3) is 9.70 Å². The first-order valence-electron chi connectivity index (χ1n) is 5.66. The summed E-state index contributed by atoms with van der Waals surface area (Å²) in [6.07, 6.45) is 1.73. The topological polar surface area (TPSA) is 45.7 Å². The Labute approximate surface area is 118 Å². The lowest BCUT2D eigenvalue weighted by molar-refractivity contribution is -0.787.